The number of fused-ring (bicyclic) bond motifs is 11. The van der Waals surface area contributed by atoms with Gasteiger partial charge >= 0.3 is 0 Å². The van der Waals surface area contributed by atoms with Crippen molar-refractivity contribution in [3.63, 3.8) is 0 Å². The van der Waals surface area contributed by atoms with Gasteiger partial charge in [0, 0.05) is 37.1 Å². The lowest BCUT2D eigenvalue weighted by atomic mass is 9.80. The van der Waals surface area contributed by atoms with E-state index in [-0.39, 0.29) is 10.8 Å². The monoisotopic (exact) mass is 850 g/mol. The van der Waals surface area contributed by atoms with Crippen molar-refractivity contribution in [2.75, 3.05) is 9.80 Å². The molecule has 0 unspecified atom stereocenters. The smallest absolute Gasteiger partial charge is 0.0640 e. The number of anilines is 6. The van der Waals surface area contributed by atoms with Crippen LogP contribution < -0.4 is 9.80 Å². The van der Waals surface area contributed by atoms with E-state index in [9.17, 15) is 0 Å². The van der Waals surface area contributed by atoms with Crippen LogP contribution in [0.1, 0.15) is 49.9 Å². The summed E-state index contributed by atoms with van der Waals surface area (Å²) in [5.41, 5.74) is 17.4. The van der Waals surface area contributed by atoms with Crippen LogP contribution in [0, 0.1) is 0 Å². The fraction of sp³-hybridized carbons (Fsp3) is 0.0968. The lowest BCUT2D eigenvalue weighted by molar-refractivity contribution is 0.656. The van der Waals surface area contributed by atoms with Gasteiger partial charge in [0.05, 0.1) is 38.8 Å². The number of thiophene rings is 1. The highest BCUT2D eigenvalue weighted by Crippen LogP contribution is 2.59. The second kappa shape index (κ2) is 14.0. The summed E-state index contributed by atoms with van der Waals surface area (Å²) in [5.74, 6) is 0. The molecule has 11 aromatic rings. The molecule has 65 heavy (non-hydrogen) atoms. The van der Waals surface area contributed by atoms with E-state index in [0.717, 1.165) is 11.4 Å². The van der Waals surface area contributed by atoms with E-state index in [1.54, 1.807) is 0 Å². The van der Waals surface area contributed by atoms with E-state index in [1.807, 2.05) is 11.3 Å². The fourth-order valence-electron chi connectivity index (χ4n) is 11.8. The molecular weight excluding hydrogens is 805 g/mol. The Bertz CT molecular complexity index is 3560. The van der Waals surface area contributed by atoms with Crippen LogP contribution in [0.5, 0.6) is 0 Å². The highest BCUT2D eigenvalue weighted by Gasteiger charge is 2.42. The van der Waals surface area contributed by atoms with Gasteiger partial charge in [-0.3, -0.25) is 0 Å². The van der Waals surface area contributed by atoms with Crippen LogP contribution in [-0.4, -0.2) is 0 Å². The molecule has 2 aliphatic rings. The van der Waals surface area contributed by atoms with Gasteiger partial charge in [0.15, 0.2) is 0 Å². The van der Waals surface area contributed by atoms with Crippen LogP contribution in [0.15, 0.2) is 206 Å². The average Bonchev–Trinajstić information content (AvgIpc) is 3.93. The highest BCUT2D eigenvalue weighted by molar-refractivity contribution is 7.26. The molecule has 0 bridgehead atoms. The second-order valence-corrected chi connectivity index (χ2v) is 19.9. The Morgan fingerprint density at radius 1 is 0.323 bits per heavy atom. The predicted octanol–water partition coefficient (Wildman–Crippen LogP) is 17.9. The number of hydrogen-bond acceptors (Lipinski definition) is 3. The molecule has 13 rings (SSSR count). The lowest BCUT2D eigenvalue weighted by Gasteiger charge is -2.35. The maximum absolute atomic E-state index is 2.64. The summed E-state index contributed by atoms with van der Waals surface area (Å²) < 4.78 is 2.52. The van der Waals surface area contributed by atoms with Crippen LogP contribution in [0.25, 0.3) is 64.0 Å². The molecular formula is C62H46N2S. The molecule has 0 saturated carbocycles. The first kappa shape index (κ1) is 38.0. The zero-order valence-corrected chi connectivity index (χ0v) is 37.7. The maximum atomic E-state index is 2.64. The van der Waals surface area contributed by atoms with E-state index in [1.165, 1.54) is 109 Å². The highest BCUT2D eigenvalue weighted by atomic mass is 32.1. The third-order valence-electron chi connectivity index (χ3n) is 14.6. The Kier molecular flexibility index (Phi) is 8.20. The van der Waals surface area contributed by atoms with Crippen LogP contribution in [0.3, 0.4) is 0 Å². The van der Waals surface area contributed by atoms with Crippen molar-refractivity contribution >= 4 is 87.2 Å². The van der Waals surface area contributed by atoms with Crippen molar-refractivity contribution in [1.82, 2.24) is 0 Å². The van der Waals surface area contributed by atoms with E-state index < -0.39 is 0 Å². The topological polar surface area (TPSA) is 6.48 Å². The van der Waals surface area contributed by atoms with Crippen LogP contribution in [0.4, 0.5) is 34.1 Å². The molecule has 0 N–H and O–H groups in total. The van der Waals surface area contributed by atoms with Crippen LogP contribution in [-0.2, 0) is 10.8 Å². The number of benzene rings is 10. The molecule has 2 nitrogen and oxygen atoms in total. The Hall–Kier alpha value is -7.46. The molecule has 1 aromatic heterocycles. The largest absolute Gasteiger partial charge is 0.309 e. The van der Waals surface area contributed by atoms with Gasteiger partial charge < -0.3 is 9.80 Å². The van der Waals surface area contributed by atoms with Gasteiger partial charge in [-0.05, 0) is 97.7 Å². The van der Waals surface area contributed by atoms with Gasteiger partial charge in [0.25, 0.3) is 0 Å². The third kappa shape index (κ3) is 5.40. The standard InChI is InChI=1S/C62H46N2S/c1-61(2)48-30-11-9-25-43(48)45-27-15-35-53(58(45)61)64(54-36-16-28-46-44-26-10-12-31-49(44)62(3,4)59(46)54)55-37-17-29-47-57-52(34-18-38-56(57)65-60(47)55)63(50-32-13-21-39-19-5-7-23-41(39)50)51-33-14-22-40-20-6-8-24-42(40)51/h5-38H,1-4H3. The van der Waals surface area contributed by atoms with Crippen molar-refractivity contribution < 1.29 is 0 Å². The van der Waals surface area contributed by atoms with Crippen molar-refractivity contribution in [2.24, 2.45) is 0 Å². The Morgan fingerprint density at radius 3 is 1.29 bits per heavy atom. The summed E-state index contributed by atoms with van der Waals surface area (Å²) in [5, 5.41) is 7.38. The van der Waals surface area contributed by atoms with Gasteiger partial charge in [-0.25, -0.2) is 0 Å². The fourth-order valence-corrected chi connectivity index (χ4v) is 13.0. The molecule has 0 amide bonds. The Morgan fingerprint density at radius 2 is 0.708 bits per heavy atom. The number of hydrogen-bond donors (Lipinski definition) is 0. The minimum Gasteiger partial charge on any atom is -0.309 e. The van der Waals surface area contributed by atoms with Crippen LogP contribution in [0.2, 0.25) is 0 Å². The van der Waals surface area contributed by atoms with E-state index in [2.05, 4.69) is 244 Å². The van der Waals surface area contributed by atoms with E-state index in [4.69, 9.17) is 0 Å². The summed E-state index contributed by atoms with van der Waals surface area (Å²) in [6.07, 6.45) is 0. The molecule has 1 heterocycles. The maximum Gasteiger partial charge on any atom is 0.0640 e. The molecule has 3 heteroatoms. The summed E-state index contributed by atoms with van der Waals surface area (Å²) >= 11 is 1.91. The van der Waals surface area contributed by atoms with Crippen molar-refractivity contribution in [1.29, 1.82) is 0 Å². The first-order valence-corrected chi connectivity index (χ1v) is 23.6. The van der Waals surface area contributed by atoms with Gasteiger partial charge in [0.2, 0.25) is 0 Å². The SMILES string of the molecule is CC1(C)c2ccccc2-c2cccc(N(c3cccc4c3C(C)(C)c3ccccc3-4)c3cccc4c3sc3cccc(N(c5cccc6ccccc56)c5cccc6ccccc56)c34)c21. The summed E-state index contributed by atoms with van der Waals surface area (Å²) in [4.78, 5) is 5.17. The zero-order valence-electron chi connectivity index (χ0n) is 36.9. The van der Waals surface area contributed by atoms with Crippen molar-refractivity contribution in [2.45, 2.75) is 38.5 Å². The molecule has 0 spiro atoms. The minimum atomic E-state index is -0.226. The third-order valence-corrected chi connectivity index (χ3v) is 15.8. The van der Waals surface area contributed by atoms with Gasteiger partial charge in [-0.2, -0.15) is 0 Å². The Balaban J connectivity index is 1.12. The molecule has 0 aliphatic heterocycles. The molecule has 0 atom stereocenters. The summed E-state index contributed by atoms with van der Waals surface area (Å²) in [7, 11) is 0. The normalized spacial score (nSPS) is 14.1. The Labute approximate surface area is 384 Å². The van der Waals surface area contributed by atoms with Crippen molar-refractivity contribution in [3.05, 3.63) is 229 Å². The van der Waals surface area contributed by atoms with E-state index in [0.29, 0.717) is 0 Å². The van der Waals surface area contributed by atoms with Gasteiger partial charge in [-0.1, -0.05) is 191 Å². The molecule has 0 saturated heterocycles. The van der Waals surface area contributed by atoms with Gasteiger partial charge in [0.1, 0.15) is 0 Å². The molecule has 2 aliphatic carbocycles. The minimum absolute atomic E-state index is 0.226. The number of rotatable bonds is 6. The van der Waals surface area contributed by atoms with Gasteiger partial charge in [-0.15, -0.1) is 11.3 Å². The first-order chi connectivity index (χ1) is 31.8. The molecule has 310 valence electrons. The first-order valence-electron chi connectivity index (χ1n) is 22.8. The predicted molar refractivity (Wildman–Crippen MR) is 279 cm³/mol. The summed E-state index contributed by atoms with van der Waals surface area (Å²) in [6.45, 7) is 9.65. The number of nitrogens with zero attached hydrogens (tertiary/aromatic N) is 2. The second-order valence-electron chi connectivity index (χ2n) is 18.8. The zero-order chi connectivity index (χ0) is 43.6. The lowest BCUT2D eigenvalue weighted by Crippen LogP contribution is -2.24. The average molecular weight is 851 g/mol. The van der Waals surface area contributed by atoms with Crippen LogP contribution >= 0.6 is 11.3 Å². The van der Waals surface area contributed by atoms with E-state index >= 15 is 0 Å². The quantitative estimate of drug-likeness (QED) is 0.164. The molecule has 10 aromatic carbocycles. The summed E-state index contributed by atoms with van der Waals surface area (Å²) in [6, 6.07) is 76.9. The van der Waals surface area contributed by atoms with Crippen molar-refractivity contribution in [3.8, 4) is 22.3 Å². The molecule has 0 fully saturated rings. The molecule has 0 radical (unpaired) electrons.